The molecule has 2 rings (SSSR count). The molecule has 5 heteroatoms. The summed E-state index contributed by atoms with van der Waals surface area (Å²) in [6.07, 6.45) is 1.08. The van der Waals surface area contributed by atoms with E-state index in [1.807, 2.05) is 30.3 Å². The molecule has 2 aromatic carbocycles. The molecule has 0 aliphatic rings. The Morgan fingerprint density at radius 2 is 1.82 bits per heavy atom. The number of amides is 1. The molecule has 3 nitrogen and oxygen atoms in total. The third-order valence-corrected chi connectivity index (χ3v) is 3.07. The van der Waals surface area contributed by atoms with Gasteiger partial charge in [0.1, 0.15) is 12.4 Å². The van der Waals surface area contributed by atoms with Crippen molar-refractivity contribution >= 4 is 5.91 Å². The van der Waals surface area contributed by atoms with Crippen LogP contribution in [0.5, 0.6) is 5.75 Å². The normalized spacial score (nSPS) is 10.3. The first-order chi connectivity index (χ1) is 10.6. The van der Waals surface area contributed by atoms with E-state index in [1.165, 1.54) is 6.07 Å². The molecule has 1 amide bonds. The van der Waals surface area contributed by atoms with Crippen molar-refractivity contribution in [3.05, 3.63) is 65.7 Å². The van der Waals surface area contributed by atoms with Crippen LogP contribution in [0.15, 0.2) is 48.5 Å². The van der Waals surface area contributed by atoms with Crippen LogP contribution in [0.3, 0.4) is 0 Å². The first-order valence-electron chi connectivity index (χ1n) is 7.03. The number of halogens is 2. The lowest BCUT2D eigenvalue weighted by Crippen LogP contribution is -2.28. The fraction of sp³-hybridized carbons (Fsp3) is 0.235. The number of benzene rings is 2. The van der Waals surface area contributed by atoms with Crippen molar-refractivity contribution in [2.45, 2.75) is 12.8 Å². The summed E-state index contributed by atoms with van der Waals surface area (Å²) in [4.78, 5) is 11.7. The zero-order chi connectivity index (χ0) is 15.8. The SMILES string of the molecule is O=C(CCc1ccccc1)NCCOc1ccc(F)c(F)c1. The number of rotatable bonds is 7. The molecular formula is C17H17F2NO2. The van der Waals surface area contributed by atoms with Crippen molar-refractivity contribution in [3.8, 4) is 5.75 Å². The quantitative estimate of drug-likeness (QED) is 0.798. The zero-order valence-electron chi connectivity index (χ0n) is 12.0. The largest absolute Gasteiger partial charge is 0.492 e. The molecule has 0 saturated heterocycles. The lowest BCUT2D eigenvalue weighted by atomic mass is 10.1. The maximum Gasteiger partial charge on any atom is 0.220 e. The van der Waals surface area contributed by atoms with E-state index in [2.05, 4.69) is 5.32 Å². The minimum atomic E-state index is -0.954. The van der Waals surface area contributed by atoms with E-state index in [-0.39, 0.29) is 18.3 Å². The maximum atomic E-state index is 13.0. The van der Waals surface area contributed by atoms with Gasteiger partial charge in [0.2, 0.25) is 5.91 Å². The van der Waals surface area contributed by atoms with E-state index in [0.717, 1.165) is 17.7 Å². The van der Waals surface area contributed by atoms with Crippen LogP contribution in [0.25, 0.3) is 0 Å². The zero-order valence-corrected chi connectivity index (χ0v) is 12.0. The second-order valence-electron chi connectivity index (χ2n) is 4.76. The van der Waals surface area contributed by atoms with Gasteiger partial charge in [0.25, 0.3) is 0 Å². The predicted octanol–water partition coefficient (Wildman–Crippen LogP) is 3.09. The molecule has 0 unspecified atom stereocenters. The van der Waals surface area contributed by atoms with Crippen molar-refractivity contribution in [1.82, 2.24) is 5.32 Å². The van der Waals surface area contributed by atoms with E-state index in [1.54, 1.807) is 0 Å². The number of carbonyl (C=O) groups excluding carboxylic acids is 1. The van der Waals surface area contributed by atoms with Gasteiger partial charge in [-0.3, -0.25) is 4.79 Å². The molecule has 0 spiro atoms. The van der Waals surface area contributed by atoms with Gasteiger partial charge in [0, 0.05) is 12.5 Å². The Morgan fingerprint density at radius 1 is 1.05 bits per heavy atom. The van der Waals surface area contributed by atoms with E-state index >= 15 is 0 Å². The molecule has 0 aliphatic heterocycles. The Bertz CT molecular complexity index is 617. The summed E-state index contributed by atoms with van der Waals surface area (Å²) in [5, 5.41) is 2.72. The number of nitrogens with one attached hydrogen (secondary N) is 1. The van der Waals surface area contributed by atoms with Gasteiger partial charge in [-0.25, -0.2) is 8.78 Å². The molecular weight excluding hydrogens is 288 g/mol. The van der Waals surface area contributed by atoms with Gasteiger partial charge < -0.3 is 10.1 Å². The predicted molar refractivity (Wildman–Crippen MR) is 79.6 cm³/mol. The summed E-state index contributed by atoms with van der Waals surface area (Å²) in [5.41, 5.74) is 1.11. The maximum absolute atomic E-state index is 13.0. The third-order valence-electron chi connectivity index (χ3n) is 3.07. The molecule has 0 aliphatic carbocycles. The van der Waals surface area contributed by atoms with E-state index in [0.29, 0.717) is 19.4 Å². The van der Waals surface area contributed by atoms with Gasteiger partial charge in [-0.1, -0.05) is 30.3 Å². The number of hydrogen-bond acceptors (Lipinski definition) is 2. The van der Waals surface area contributed by atoms with Crippen molar-refractivity contribution in [2.75, 3.05) is 13.2 Å². The van der Waals surface area contributed by atoms with E-state index < -0.39 is 11.6 Å². The Balaban J connectivity index is 1.63. The molecule has 0 saturated carbocycles. The smallest absolute Gasteiger partial charge is 0.220 e. The molecule has 0 radical (unpaired) electrons. The molecule has 0 bridgehead atoms. The highest BCUT2D eigenvalue weighted by molar-refractivity contribution is 5.76. The Hall–Kier alpha value is -2.43. The van der Waals surface area contributed by atoms with Gasteiger partial charge >= 0.3 is 0 Å². The van der Waals surface area contributed by atoms with E-state index in [9.17, 15) is 13.6 Å². The number of hydrogen-bond donors (Lipinski definition) is 1. The fourth-order valence-corrected chi connectivity index (χ4v) is 1.92. The summed E-state index contributed by atoms with van der Waals surface area (Å²) in [6.45, 7) is 0.509. The standard InChI is InChI=1S/C17H17F2NO2/c18-15-8-7-14(12-16(15)19)22-11-10-20-17(21)9-6-13-4-2-1-3-5-13/h1-5,7-8,12H,6,9-11H2,(H,20,21). The van der Waals surface area contributed by atoms with Crippen LogP contribution in [0, 0.1) is 11.6 Å². The second-order valence-corrected chi connectivity index (χ2v) is 4.76. The molecule has 0 heterocycles. The Kier molecular flexibility index (Phi) is 5.89. The number of ether oxygens (including phenoxy) is 1. The Labute approximate surface area is 127 Å². The van der Waals surface area contributed by atoms with Crippen LogP contribution in [-0.4, -0.2) is 19.1 Å². The molecule has 116 valence electrons. The highest BCUT2D eigenvalue weighted by atomic mass is 19.2. The third kappa shape index (κ3) is 5.16. The summed E-state index contributed by atoms with van der Waals surface area (Å²) < 4.78 is 30.9. The van der Waals surface area contributed by atoms with Crippen molar-refractivity contribution < 1.29 is 18.3 Å². The average molecular weight is 305 g/mol. The van der Waals surface area contributed by atoms with Gasteiger partial charge in [0.05, 0.1) is 6.54 Å². The number of carbonyl (C=O) groups is 1. The molecule has 22 heavy (non-hydrogen) atoms. The van der Waals surface area contributed by atoms with Crippen LogP contribution >= 0.6 is 0 Å². The monoisotopic (exact) mass is 305 g/mol. The van der Waals surface area contributed by atoms with Crippen LogP contribution in [0.1, 0.15) is 12.0 Å². The first kappa shape index (κ1) is 15.9. The van der Waals surface area contributed by atoms with Crippen LogP contribution in [-0.2, 0) is 11.2 Å². The number of aryl methyl sites for hydroxylation is 1. The highest BCUT2D eigenvalue weighted by Crippen LogP contribution is 2.14. The van der Waals surface area contributed by atoms with Gasteiger partial charge in [-0.05, 0) is 24.1 Å². The summed E-state index contributed by atoms with van der Waals surface area (Å²) >= 11 is 0. The van der Waals surface area contributed by atoms with Crippen LogP contribution in [0.2, 0.25) is 0 Å². The molecule has 0 atom stereocenters. The highest BCUT2D eigenvalue weighted by Gasteiger charge is 2.04. The lowest BCUT2D eigenvalue weighted by molar-refractivity contribution is -0.121. The molecule has 0 aromatic heterocycles. The minimum Gasteiger partial charge on any atom is -0.492 e. The van der Waals surface area contributed by atoms with Gasteiger partial charge in [0.15, 0.2) is 11.6 Å². The Morgan fingerprint density at radius 3 is 2.55 bits per heavy atom. The summed E-state index contributed by atoms with van der Waals surface area (Å²) in [6, 6.07) is 13.1. The van der Waals surface area contributed by atoms with Crippen LogP contribution < -0.4 is 10.1 Å². The molecule has 2 aromatic rings. The molecule has 1 N–H and O–H groups in total. The van der Waals surface area contributed by atoms with Crippen LogP contribution in [0.4, 0.5) is 8.78 Å². The second kappa shape index (κ2) is 8.12. The van der Waals surface area contributed by atoms with Gasteiger partial charge in [-0.15, -0.1) is 0 Å². The van der Waals surface area contributed by atoms with Crippen molar-refractivity contribution in [3.63, 3.8) is 0 Å². The topological polar surface area (TPSA) is 38.3 Å². The summed E-state index contributed by atoms with van der Waals surface area (Å²) in [7, 11) is 0. The van der Waals surface area contributed by atoms with Crippen molar-refractivity contribution in [2.24, 2.45) is 0 Å². The van der Waals surface area contributed by atoms with Crippen molar-refractivity contribution in [1.29, 1.82) is 0 Å². The first-order valence-corrected chi connectivity index (χ1v) is 7.03. The summed E-state index contributed by atoms with van der Waals surface area (Å²) in [5.74, 6) is -1.71. The van der Waals surface area contributed by atoms with Gasteiger partial charge in [-0.2, -0.15) is 0 Å². The average Bonchev–Trinajstić information content (AvgIpc) is 2.54. The molecule has 0 fully saturated rings. The lowest BCUT2D eigenvalue weighted by Gasteiger charge is -2.08. The minimum absolute atomic E-state index is 0.0715. The van der Waals surface area contributed by atoms with E-state index in [4.69, 9.17) is 4.74 Å². The fourth-order valence-electron chi connectivity index (χ4n) is 1.92.